The molecule has 0 fully saturated rings. The van der Waals surface area contributed by atoms with Crippen molar-refractivity contribution in [2.45, 2.75) is 50.8 Å². The van der Waals surface area contributed by atoms with E-state index >= 15 is 0 Å². The molecule has 37 heavy (non-hydrogen) atoms. The van der Waals surface area contributed by atoms with Crippen LogP contribution in [0.3, 0.4) is 0 Å². The lowest BCUT2D eigenvalue weighted by molar-refractivity contribution is -0.138. The minimum Gasteiger partial charge on any atom is -0.480 e. The molecule has 0 aliphatic carbocycles. The summed E-state index contributed by atoms with van der Waals surface area (Å²) in [7, 11) is -4.14. The number of hydrogen-bond acceptors (Lipinski definition) is 9. The molecule has 3 rings (SSSR count). The topological polar surface area (TPSA) is 187 Å². The summed E-state index contributed by atoms with van der Waals surface area (Å²) in [6.45, 7) is 6.60. The van der Waals surface area contributed by atoms with E-state index in [2.05, 4.69) is 30.8 Å². The summed E-state index contributed by atoms with van der Waals surface area (Å²) in [4.78, 5) is 28.5. The molecule has 1 amide bonds. The number of guanidine groups is 1. The monoisotopic (exact) mass is 535 g/mol. The lowest BCUT2D eigenvalue weighted by Crippen LogP contribution is -2.48. The second-order valence-corrected chi connectivity index (χ2v) is 10.6. The molecule has 0 radical (unpaired) electrons. The normalized spacial score (nSPS) is 16.4. The van der Waals surface area contributed by atoms with Crippen LogP contribution in [0, 0.1) is 20.8 Å². The van der Waals surface area contributed by atoms with Gasteiger partial charge in [0, 0.05) is 32.4 Å². The summed E-state index contributed by atoms with van der Waals surface area (Å²) in [5.41, 5.74) is 2.12. The van der Waals surface area contributed by atoms with Crippen LogP contribution in [0.4, 0.5) is 0 Å². The molecule has 2 unspecified atom stereocenters. The van der Waals surface area contributed by atoms with Crippen molar-refractivity contribution in [2.24, 2.45) is 4.99 Å². The predicted octanol–water partition coefficient (Wildman–Crippen LogP) is -0.730. The van der Waals surface area contributed by atoms with Crippen molar-refractivity contribution in [2.75, 3.05) is 26.2 Å². The number of β-amino-alcohol motifs (C(OH)–C–C–N with tert-alkyl or cyclic N) is 1. The average Bonchev–Trinajstić information content (AvgIpc) is 3.28. The largest absolute Gasteiger partial charge is 0.480 e. The van der Waals surface area contributed by atoms with E-state index in [0.29, 0.717) is 49.7 Å². The van der Waals surface area contributed by atoms with E-state index in [1.165, 1.54) is 12.4 Å². The Morgan fingerprint density at radius 2 is 1.95 bits per heavy atom. The zero-order chi connectivity index (χ0) is 27.2. The fourth-order valence-corrected chi connectivity index (χ4v) is 5.66. The first-order valence-electron chi connectivity index (χ1n) is 11.8. The van der Waals surface area contributed by atoms with Crippen molar-refractivity contribution in [3.63, 3.8) is 0 Å². The van der Waals surface area contributed by atoms with E-state index in [-0.39, 0.29) is 10.5 Å². The molecule has 202 valence electrons. The van der Waals surface area contributed by atoms with E-state index in [0.717, 1.165) is 5.56 Å². The third kappa shape index (κ3) is 7.74. The highest BCUT2D eigenvalue weighted by Gasteiger charge is 2.28. The van der Waals surface area contributed by atoms with Crippen LogP contribution in [-0.4, -0.2) is 84.6 Å². The summed E-state index contributed by atoms with van der Waals surface area (Å²) in [6.07, 6.45) is 3.09. The maximum atomic E-state index is 12.9. The summed E-state index contributed by atoms with van der Waals surface area (Å²) in [6, 6.07) is 1.85. The van der Waals surface area contributed by atoms with Gasteiger partial charge in [0.1, 0.15) is 6.04 Å². The predicted molar refractivity (Wildman–Crippen MR) is 136 cm³/mol. The summed E-state index contributed by atoms with van der Waals surface area (Å²) in [5, 5.41) is 31.7. The van der Waals surface area contributed by atoms with E-state index in [1.807, 2.05) is 6.92 Å². The summed E-state index contributed by atoms with van der Waals surface area (Å²) < 4.78 is 29.6. The van der Waals surface area contributed by atoms with Gasteiger partial charge >= 0.3 is 5.97 Å². The van der Waals surface area contributed by atoms with Gasteiger partial charge < -0.3 is 26.2 Å². The molecular formula is C23H33N7O6S. The zero-order valence-electron chi connectivity index (χ0n) is 21.0. The Kier molecular flexibility index (Phi) is 9.23. The van der Waals surface area contributed by atoms with E-state index in [9.17, 15) is 28.2 Å². The zero-order valence-corrected chi connectivity index (χ0v) is 21.8. The maximum Gasteiger partial charge on any atom is 0.323 e. The van der Waals surface area contributed by atoms with Gasteiger partial charge in [0.25, 0.3) is 5.91 Å². The van der Waals surface area contributed by atoms with Crippen molar-refractivity contribution in [1.82, 2.24) is 30.5 Å². The molecule has 0 spiro atoms. The van der Waals surface area contributed by atoms with Crippen LogP contribution in [0.15, 0.2) is 34.4 Å². The number of aliphatic carboxylic acids is 1. The number of aromatic nitrogens is 2. The third-order valence-electron chi connectivity index (χ3n) is 5.65. The van der Waals surface area contributed by atoms with Crippen molar-refractivity contribution < 1.29 is 28.2 Å². The smallest absolute Gasteiger partial charge is 0.323 e. The van der Waals surface area contributed by atoms with Gasteiger partial charge in [-0.3, -0.25) is 19.3 Å². The second-order valence-electron chi connectivity index (χ2n) is 8.95. The van der Waals surface area contributed by atoms with E-state index in [1.54, 1.807) is 30.7 Å². The molecule has 2 heterocycles. The van der Waals surface area contributed by atoms with Gasteiger partial charge in [0.15, 0.2) is 5.96 Å². The number of nitrogens with zero attached hydrogens (tertiary/aromatic N) is 3. The number of amides is 1. The molecule has 14 heteroatoms. The van der Waals surface area contributed by atoms with Crippen LogP contribution < -0.4 is 20.7 Å². The number of carbonyl (C=O) groups is 2. The van der Waals surface area contributed by atoms with Crippen molar-refractivity contribution in [1.29, 1.82) is 0 Å². The molecule has 0 bridgehead atoms. The number of hydrogen-bond donors (Lipinski definition) is 6. The van der Waals surface area contributed by atoms with Gasteiger partial charge in [-0.05, 0) is 38.3 Å². The maximum absolute atomic E-state index is 12.9. The first-order valence-corrected chi connectivity index (χ1v) is 13.3. The minimum atomic E-state index is -4.14. The van der Waals surface area contributed by atoms with Gasteiger partial charge in [-0.2, -0.15) is 9.82 Å². The van der Waals surface area contributed by atoms with Crippen LogP contribution in [0.2, 0.25) is 0 Å². The average molecular weight is 536 g/mol. The number of carbonyl (C=O) groups excluding carboxylic acids is 1. The number of aryl methyl sites for hydroxylation is 4. The number of aliphatic imine (C=N–C) groups is 1. The highest BCUT2D eigenvalue weighted by molar-refractivity contribution is 7.89. The molecule has 13 nitrogen and oxygen atoms in total. The SMILES string of the molecule is Cc1cc(C)c(S(=O)(=O)NC(CNC(=O)c2cnn(CCCNC3=NCC(O)CN3)c2)C(=O)O)c(C)c1. The van der Waals surface area contributed by atoms with Gasteiger partial charge in [0.05, 0.1) is 29.3 Å². The van der Waals surface area contributed by atoms with Gasteiger partial charge in [-0.25, -0.2) is 8.42 Å². The first-order chi connectivity index (χ1) is 17.5. The molecule has 1 aliphatic rings. The Bertz CT molecular complexity index is 1250. The Labute approximate surface area is 215 Å². The highest BCUT2D eigenvalue weighted by atomic mass is 32.2. The Hall–Kier alpha value is -3.49. The molecular weight excluding hydrogens is 502 g/mol. The van der Waals surface area contributed by atoms with Gasteiger partial charge in [-0.1, -0.05) is 17.7 Å². The van der Waals surface area contributed by atoms with Crippen LogP contribution in [-0.2, 0) is 21.4 Å². The molecule has 2 atom stereocenters. The van der Waals surface area contributed by atoms with Crippen LogP contribution in [0.5, 0.6) is 0 Å². The number of carboxylic acids is 1. The summed E-state index contributed by atoms with van der Waals surface area (Å²) >= 11 is 0. The molecule has 0 saturated heterocycles. The number of aliphatic hydroxyl groups excluding tert-OH is 1. The van der Waals surface area contributed by atoms with Crippen LogP contribution >= 0.6 is 0 Å². The molecule has 1 aliphatic heterocycles. The standard InChI is InChI=1S/C23H33N7O6S/c1-14-7-15(2)20(16(3)8-14)37(35,36)29-19(22(33)34)12-25-21(32)17-9-28-30(13-17)6-4-5-24-23-26-10-18(31)11-27-23/h7-9,13,18-19,29,31H,4-6,10-12H2,1-3H3,(H,25,32)(H,33,34)(H2,24,26,27). The van der Waals surface area contributed by atoms with E-state index < -0.39 is 40.6 Å². The molecule has 6 N–H and O–H groups in total. The molecule has 1 aromatic heterocycles. The van der Waals surface area contributed by atoms with Crippen molar-refractivity contribution in [3.05, 3.63) is 46.8 Å². The van der Waals surface area contributed by atoms with Crippen LogP contribution in [0.1, 0.15) is 33.5 Å². The number of aliphatic hydroxyl groups is 1. The molecule has 2 aromatic rings. The Morgan fingerprint density at radius 1 is 1.24 bits per heavy atom. The minimum absolute atomic E-state index is 0.0235. The van der Waals surface area contributed by atoms with Crippen molar-refractivity contribution >= 4 is 27.9 Å². The fraction of sp³-hybridized carbons (Fsp3) is 0.478. The Morgan fingerprint density at radius 3 is 2.57 bits per heavy atom. The number of nitrogens with one attached hydrogen (secondary N) is 4. The highest BCUT2D eigenvalue weighted by Crippen LogP contribution is 2.21. The second kappa shape index (κ2) is 12.2. The number of rotatable bonds is 11. The number of benzene rings is 1. The quantitative estimate of drug-likeness (QED) is 0.202. The first kappa shape index (κ1) is 28.1. The lowest BCUT2D eigenvalue weighted by Gasteiger charge is -2.19. The third-order valence-corrected chi connectivity index (χ3v) is 7.43. The van der Waals surface area contributed by atoms with E-state index in [4.69, 9.17) is 0 Å². The van der Waals surface area contributed by atoms with Crippen molar-refractivity contribution in [3.8, 4) is 0 Å². The number of sulfonamides is 1. The Balaban J connectivity index is 1.52. The van der Waals surface area contributed by atoms with Gasteiger partial charge in [-0.15, -0.1) is 0 Å². The van der Waals surface area contributed by atoms with Crippen LogP contribution in [0.25, 0.3) is 0 Å². The molecule has 0 saturated carbocycles. The fourth-order valence-electron chi connectivity index (χ4n) is 4.01. The van der Waals surface area contributed by atoms with Gasteiger partial charge in [0.2, 0.25) is 10.0 Å². The summed E-state index contributed by atoms with van der Waals surface area (Å²) in [5.74, 6) is -1.36. The number of carboxylic acid groups (broad SMARTS) is 1. The lowest BCUT2D eigenvalue weighted by atomic mass is 10.1. The molecule has 1 aromatic carbocycles.